The van der Waals surface area contributed by atoms with Crippen molar-refractivity contribution in [1.82, 2.24) is 4.90 Å². The number of carbonyl (C=O) groups excluding carboxylic acids is 1. The van der Waals surface area contributed by atoms with Crippen LogP contribution in [0.15, 0.2) is 0 Å². The first-order valence-electron chi connectivity index (χ1n) is 4.51. The molecule has 11 heavy (non-hydrogen) atoms. The van der Waals surface area contributed by atoms with Crippen molar-refractivity contribution in [2.24, 2.45) is 0 Å². The van der Waals surface area contributed by atoms with Gasteiger partial charge >= 0.3 is 0 Å². The Labute approximate surface area is 69.6 Å². The smallest absolute Gasteiger partial charge is 0.133 e. The van der Waals surface area contributed by atoms with Crippen LogP contribution in [-0.2, 0) is 4.79 Å². The molecule has 0 aromatic rings. The molecule has 0 aromatic carbocycles. The van der Waals surface area contributed by atoms with Gasteiger partial charge in [-0.1, -0.05) is 20.3 Å². The summed E-state index contributed by atoms with van der Waals surface area (Å²) in [5, 5.41) is 0. The van der Waals surface area contributed by atoms with E-state index in [9.17, 15) is 4.79 Å². The van der Waals surface area contributed by atoms with E-state index in [1.54, 1.807) is 0 Å². The highest BCUT2D eigenvalue weighted by molar-refractivity contribution is 5.51. The predicted octanol–water partition coefficient (Wildman–Crippen LogP) is 1.70. The number of hydrogen-bond acceptors (Lipinski definition) is 2. The van der Waals surface area contributed by atoms with Gasteiger partial charge in [-0.25, -0.2) is 0 Å². The Kier molecular flexibility index (Phi) is 7.47. The summed E-state index contributed by atoms with van der Waals surface area (Å²) in [6, 6.07) is 0. The average molecular weight is 157 g/mol. The van der Waals surface area contributed by atoms with Crippen molar-refractivity contribution in [1.29, 1.82) is 0 Å². The summed E-state index contributed by atoms with van der Waals surface area (Å²) in [7, 11) is 0. The van der Waals surface area contributed by atoms with Crippen LogP contribution in [-0.4, -0.2) is 30.8 Å². The zero-order valence-electron chi connectivity index (χ0n) is 7.68. The Morgan fingerprint density at radius 2 is 1.91 bits per heavy atom. The molecule has 0 amide bonds. The summed E-state index contributed by atoms with van der Waals surface area (Å²) in [6.07, 6.45) is 4.54. The largest absolute Gasteiger partial charge is 0.302 e. The van der Waals surface area contributed by atoms with Gasteiger partial charge in [0.2, 0.25) is 0 Å². The third-order valence-corrected chi connectivity index (χ3v) is 1.70. The first kappa shape index (κ1) is 10.6. The van der Waals surface area contributed by atoms with Gasteiger partial charge in [-0.3, -0.25) is 4.90 Å². The van der Waals surface area contributed by atoms with E-state index in [1.807, 2.05) is 0 Å². The lowest BCUT2D eigenvalue weighted by Gasteiger charge is -2.17. The van der Waals surface area contributed by atoms with Crippen molar-refractivity contribution < 1.29 is 4.79 Å². The van der Waals surface area contributed by atoms with Crippen molar-refractivity contribution in [3.63, 3.8) is 0 Å². The molecule has 0 radical (unpaired) electrons. The summed E-state index contributed by atoms with van der Waals surface area (Å²) >= 11 is 0. The van der Waals surface area contributed by atoms with Crippen LogP contribution in [0.3, 0.4) is 0 Å². The molecule has 0 aliphatic carbocycles. The van der Waals surface area contributed by atoms with Crippen LogP contribution in [0, 0.1) is 0 Å². The lowest BCUT2D eigenvalue weighted by Crippen LogP contribution is -2.27. The number of carbonyl (C=O) groups is 1. The number of nitrogens with zero attached hydrogens (tertiary/aromatic N) is 1. The summed E-state index contributed by atoms with van der Waals surface area (Å²) in [6.45, 7) is 7.05. The molecule has 0 spiro atoms. The molecule has 0 saturated carbocycles. The summed E-state index contributed by atoms with van der Waals surface area (Å²) in [5.41, 5.74) is 0. The van der Waals surface area contributed by atoms with Crippen LogP contribution >= 0.6 is 0 Å². The maximum Gasteiger partial charge on any atom is 0.133 e. The molecule has 0 atom stereocenters. The zero-order chi connectivity index (χ0) is 8.53. The van der Waals surface area contributed by atoms with Gasteiger partial charge in [-0.2, -0.15) is 0 Å². The second-order valence-electron chi connectivity index (χ2n) is 2.82. The van der Waals surface area contributed by atoms with Gasteiger partial charge < -0.3 is 4.79 Å². The van der Waals surface area contributed by atoms with Gasteiger partial charge in [0.05, 0.1) is 6.54 Å². The van der Waals surface area contributed by atoms with Gasteiger partial charge in [-0.05, 0) is 25.9 Å². The minimum atomic E-state index is 0.605. The van der Waals surface area contributed by atoms with Crippen LogP contribution in [0.25, 0.3) is 0 Å². The van der Waals surface area contributed by atoms with E-state index >= 15 is 0 Å². The van der Waals surface area contributed by atoms with Gasteiger partial charge in [0.1, 0.15) is 6.29 Å². The first-order valence-corrected chi connectivity index (χ1v) is 4.51. The Hall–Kier alpha value is -0.370. The molecule has 0 unspecified atom stereocenters. The van der Waals surface area contributed by atoms with Crippen molar-refractivity contribution in [2.45, 2.75) is 33.1 Å². The van der Waals surface area contributed by atoms with E-state index in [1.165, 1.54) is 12.8 Å². The molecule has 2 nitrogen and oxygen atoms in total. The Balaban J connectivity index is 3.41. The molecule has 0 aliphatic rings. The molecule has 0 rings (SSSR count). The van der Waals surface area contributed by atoms with Crippen molar-refractivity contribution in [3.8, 4) is 0 Å². The lowest BCUT2D eigenvalue weighted by atomic mass is 10.3. The second-order valence-corrected chi connectivity index (χ2v) is 2.82. The van der Waals surface area contributed by atoms with Crippen LogP contribution in [0.4, 0.5) is 0 Å². The number of unbranched alkanes of at least 4 members (excludes halogenated alkanes) is 1. The summed E-state index contributed by atoms with van der Waals surface area (Å²) in [5.74, 6) is 0. The molecule has 0 N–H and O–H groups in total. The third kappa shape index (κ3) is 6.05. The predicted molar refractivity (Wildman–Crippen MR) is 47.7 cm³/mol. The van der Waals surface area contributed by atoms with Crippen LogP contribution in [0.5, 0.6) is 0 Å². The highest BCUT2D eigenvalue weighted by Crippen LogP contribution is 1.94. The van der Waals surface area contributed by atoms with Gasteiger partial charge in [0.15, 0.2) is 0 Å². The highest BCUT2D eigenvalue weighted by Gasteiger charge is 2.00. The molecular weight excluding hydrogens is 138 g/mol. The topological polar surface area (TPSA) is 20.3 Å². The Bertz CT molecular complexity index is 93.6. The molecule has 0 fully saturated rings. The van der Waals surface area contributed by atoms with Gasteiger partial charge in [0, 0.05) is 0 Å². The first-order chi connectivity index (χ1) is 5.35. The summed E-state index contributed by atoms with van der Waals surface area (Å²) < 4.78 is 0. The zero-order valence-corrected chi connectivity index (χ0v) is 7.68. The fourth-order valence-electron chi connectivity index (χ4n) is 1.10. The normalized spacial score (nSPS) is 10.5. The van der Waals surface area contributed by atoms with Crippen molar-refractivity contribution >= 4 is 6.29 Å². The molecule has 0 heterocycles. The van der Waals surface area contributed by atoms with E-state index in [-0.39, 0.29) is 0 Å². The van der Waals surface area contributed by atoms with E-state index < -0.39 is 0 Å². The number of hydrogen-bond donors (Lipinski definition) is 0. The van der Waals surface area contributed by atoms with Gasteiger partial charge in [-0.15, -0.1) is 0 Å². The van der Waals surface area contributed by atoms with E-state index in [2.05, 4.69) is 18.7 Å². The van der Waals surface area contributed by atoms with Gasteiger partial charge in [0.25, 0.3) is 0 Å². The Morgan fingerprint density at radius 1 is 1.18 bits per heavy atom. The quantitative estimate of drug-likeness (QED) is 0.524. The maximum atomic E-state index is 10.2. The van der Waals surface area contributed by atoms with E-state index in [0.29, 0.717) is 6.54 Å². The average Bonchev–Trinajstić information content (AvgIpc) is 2.01. The second kappa shape index (κ2) is 7.73. The highest BCUT2D eigenvalue weighted by atomic mass is 16.1. The lowest BCUT2D eigenvalue weighted by molar-refractivity contribution is -0.108. The van der Waals surface area contributed by atoms with Crippen molar-refractivity contribution in [2.75, 3.05) is 19.6 Å². The monoisotopic (exact) mass is 157 g/mol. The van der Waals surface area contributed by atoms with Crippen LogP contribution in [0.2, 0.25) is 0 Å². The van der Waals surface area contributed by atoms with Crippen molar-refractivity contribution in [3.05, 3.63) is 0 Å². The SMILES string of the molecule is CCCCN(CC=O)CCC. The number of rotatable bonds is 7. The van der Waals surface area contributed by atoms with Crippen LogP contribution < -0.4 is 0 Å². The third-order valence-electron chi connectivity index (χ3n) is 1.70. The molecular formula is C9H19NO. The molecule has 0 aromatic heterocycles. The maximum absolute atomic E-state index is 10.2. The molecule has 2 heteroatoms. The molecule has 66 valence electrons. The number of aldehydes is 1. The van der Waals surface area contributed by atoms with E-state index in [0.717, 1.165) is 25.8 Å². The molecule has 0 aliphatic heterocycles. The van der Waals surface area contributed by atoms with E-state index in [4.69, 9.17) is 0 Å². The Morgan fingerprint density at radius 3 is 2.36 bits per heavy atom. The standard InChI is InChI=1S/C9H19NO/c1-3-5-7-10(6-4-2)8-9-11/h9H,3-8H2,1-2H3. The minimum Gasteiger partial charge on any atom is -0.302 e. The van der Waals surface area contributed by atoms with Crippen LogP contribution in [0.1, 0.15) is 33.1 Å². The minimum absolute atomic E-state index is 0.605. The summed E-state index contributed by atoms with van der Waals surface area (Å²) in [4.78, 5) is 12.4. The molecule has 0 saturated heterocycles. The fourth-order valence-corrected chi connectivity index (χ4v) is 1.10. The molecule has 0 bridgehead atoms. The fraction of sp³-hybridized carbons (Fsp3) is 0.889.